The van der Waals surface area contributed by atoms with Gasteiger partial charge in [0.2, 0.25) is 0 Å². The molecule has 0 radical (unpaired) electrons. The van der Waals surface area contributed by atoms with E-state index in [1.54, 1.807) is 0 Å². The van der Waals surface area contributed by atoms with E-state index in [-0.39, 0.29) is 9.99 Å². The zero-order chi connectivity index (χ0) is 6.91. The molecular weight excluding hydrogens is 158 g/mol. The Morgan fingerprint density at radius 3 is 2.89 bits per heavy atom. The molecule has 1 aliphatic rings. The van der Waals surface area contributed by atoms with Crippen molar-refractivity contribution in [1.82, 2.24) is 5.32 Å². The van der Waals surface area contributed by atoms with Crippen LogP contribution in [-0.2, 0) is 0 Å². The summed E-state index contributed by atoms with van der Waals surface area (Å²) in [6.45, 7) is 2.67. The molecule has 1 fully saturated rings. The number of nitrogens with one attached hydrogen (secondary N) is 1. The Labute approximate surface area is 63.3 Å². The molecule has 1 amide bonds. The van der Waals surface area contributed by atoms with Gasteiger partial charge in [0.15, 0.2) is 0 Å². The van der Waals surface area contributed by atoms with Crippen LogP contribution >= 0.6 is 23.4 Å². The number of hydrogen-bond donors (Lipinski definition) is 1. The molecule has 2 nitrogen and oxygen atoms in total. The number of halogens is 1. The molecule has 0 aromatic carbocycles. The van der Waals surface area contributed by atoms with Crippen molar-refractivity contribution in [2.24, 2.45) is 0 Å². The third-order valence-corrected chi connectivity index (χ3v) is 3.09. The molecule has 1 unspecified atom stereocenters. The van der Waals surface area contributed by atoms with Crippen molar-refractivity contribution in [3.63, 3.8) is 0 Å². The average Bonchev–Trinajstić information content (AvgIpc) is 2.13. The van der Waals surface area contributed by atoms with Crippen molar-refractivity contribution in [1.29, 1.82) is 0 Å². The largest absolute Gasteiger partial charge is 0.346 e. The molecule has 1 atom stereocenters. The zero-order valence-corrected chi connectivity index (χ0v) is 6.68. The van der Waals surface area contributed by atoms with Gasteiger partial charge in [-0.15, -0.1) is 11.6 Å². The lowest BCUT2D eigenvalue weighted by molar-refractivity contribution is 0.262. The van der Waals surface area contributed by atoms with Crippen molar-refractivity contribution in [2.75, 3.05) is 12.4 Å². The van der Waals surface area contributed by atoms with Crippen LogP contribution in [0.25, 0.3) is 0 Å². The van der Waals surface area contributed by atoms with Crippen LogP contribution in [0.5, 0.6) is 0 Å². The van der Waals surface area contributed by atoms with E-state index in [1.807, 2.05) is 6.92 Å². The van der Waals surface area contributed by atoms with Gasteiger partial charge >= 0.3 is 0 Å². The molecule has 0 aromatic rings. The van der Waals surface area contributed by atoms with Crippen LogP contribution in [-0.4, -0.2) is 22.4 Å². The van der Waals surface area contributed by atoms with Gasteiger partial charge in [0.05, 0.1) is 4.75 Å². The molecule has 0 aliphatic carbocycles. The van der Waals surface area contributed by atoms with Gasteiger partial charge in [0, 0.05) is 12.4 Å². The van der Waals surface area contributed by atoms with Gasteiger partial charge < -0.3 is 5.32 Å². The molecule has 0 saturated carbocycles. The molecular formula is C5H8ClNOS. The predicted octanol–water partition coefficient (Wildman–Crippen LogP) is 1.44. The van der Waals surface area contributed by atoms with E-state index < -0.39 is 0 Å². The highest BCUT2D eigenvalue weighted by molar-refractivity contribution is 8.15. The fraction of sp³-hybridized carbons (Fsp3) is 0.800. The van der Waals surface area contributed by atoms with Gasteiger partial charge in [0.1, 0.15) is 0 Å². The minimum atomic E-state index is -0.0708. The van der Waals surface area contributed by atoms with E-state index >= 15 is 0 Å². The number of carbonyl (C=O) groups is 1. The lowest BCUT2D eigenvalue weighted by Gasteiger charge is -2.14. The second-order valence-electron chi connectivity index (χ2n) is 2.33. The fourth-order valence-electron chi connectivity index (χ4n) is 0.630. The third-order valence-electron chi connectivity index (χ3n) is 1.23. The maximum Gasteiger partial charge on any atom is 0.279 e. The minimum absolute atomic E-state index is 0.0400. The number of alkyl halides is 1. The fourth-order valence-corrected chi connectivity index (χ4v) is 1.68. The predicted molar refractivity (Wildman–Crippen MR) is 40.1 cm³/mol. The van der Waals surface area contributed by atoms with Crippen LogP contribution in [0.4, 0.5) is 4.79 Å². The summed E-state index contributed by atoms with van der Waals surface area (Å²) < 4.78 is -0.0708. The Bertz CT molecular complexity index is 141. The highest BCUT2D eigenvalue weighted by Gasteiger charge is 2.33. The molecule has 52 valence electrons. The van der Waals surface area contributed by atoms with Crippen LogP contribution in [0.2, 0.25) is 0 Å². The minimum Gasteiger partial charge on any atom is -0.346 e. The molecule has 0 spiro atoms. The molecule has 1 saturated heterocycles. The third kappa shape index (κ3) is 1.52. The zero-order valence-electron chi connectivity index (χ0n) is 5.11. The quantitative estimate of drug-likeness (QED) is 0.596. The molecule has 1 heterocycles. The summed E-state index contributed by atoms with van der Waals surface area (Å²) in [4.78, 5) is 10.6. The summed E-state index contributed by atoms with van der Waals surface area (Å²) >= 11 is 6.89. The number of hydrogen-bond acceptors (Lipinski definition) is 2. The van der Waals surface area contributed by atoms with Crippen molar-refractivity contribution < 1.29 is 4.79 Å². The van der Waals surface area contributed by atoms with Gasteiger partial charge in [0.25, 0.3) is 5.24 Å². The Morgan fingerprint density at radius 1 is 2.00 bits per heavy atom. The monoisotopic (exact) mass is 165 g/mol. The molecule has 9 heavy (non-hydrogen) atoms. The second-order valence-corrected chi connectivity index (χ2v) is 4.15. The first-order valence-corrected chi connectivity index (χ1v) is 4.04. The summed E-state index contributed by atoms with van der Waals surface area (Å²) in [5.74, 6) is 0.524. The van der Waals surface area contributed by atoms with Crippen molar-refractivity contribution in [3.05, 3.63) is 0 Å². The second kappa shape index (κ2) is 2.39. The van der Waals surface area contributed by atoms with Crippen LogP contribution in [0.15, 0.2) is 0 Å². The average molecular weight is 166 g/mol. The Balaban J connectivity index is 2.54. The first-order valence-electron chi connectivity index (χ1n) is 2.69. The standard InChI is InChI=1S/C5H8ClNOS/c1-5(2-6)3-7-4(8)9-5/h2-3H2,1H3,(H,7,8). The first-order chi connectivity index (χ1) is 4.16. The summed E-state index contributed by atoms with van der Waals surface area (Å²) in [5.41, 5.74) is 0. The number of amides is 1. The first kappa shape index (κ1) is 7.22. The highest BCUT2D eigenvalue weighted by Crippen LogP contribution is 2.30. The molecule has 1 N–H and O–H groups in total. The maximum atomic E-state index is 10.6. The van der Waals surface area contributed by atoms with Crippen molar-refractivity contribution in [3.8, 4) is 0 Å². The van der Waals surface area contributed by atoms with Crippen LogP contribution < -0.4 is 5.32 Å². The van der Waals surface area contributed by atoms with E-state index in [2.05, 4.69) is 5.32 Å². The van der Waals surface area contributed by atoms with Gasteiger partial charge in [-0.2, -0.15) is 0 Å². The summed E-state index contributed by atoms with van der Waals surface area (Å²) in [5, 5.41) is 2.74. The summed E-state index contributed by atoms with van der Waals surface area (Å²) in [7, 11) is 0. The Kier molecular flexibility index (Phi) is 1.91. The Hall–Kier alpha value is 0.110. The van der Waals surface area contributed by atoms with E-state index in [9.17, 15) is 4.79 Å². The SMILES string of the molecule is CC1(CCl)CNC(=O)S1. The van der Waals surface area contributed by atoms with Crippen LogP contribution in [0, 0.1) is 0 Å². The van der Waals surface area contributed by atoms with E-state index in [0.29, 0.717) is 12.4 Å². The number of rotatable bonds is 1. The van der Waals surface area contributed by atoms with E-state index in [0.717, 1.165) is 0 Å². The van der Waals surface area contributed by atoms with E-state index in [1.165, 1.54) is 11.8 Å². The maximum absolute atomic E-state index is 10.6. The number of carbonyl (C=O) groups excluding carboxylic acids is 1. The summed E-state index contributed by atoms with van der Waals surface area (Å²) in [6.07, 6.45) is 0. The lowest BCUT2D eigenvalue weighted by Crippen LogP contribution is -2.27. The molecule has 1 rings (SSSR count). The lowest BCUT2D eigenvalue weighted by atomic mass is 10.2. The van der Waals surface area contributed by atoms with Crippen molar-refractivity contribution >= 4 is 28.6 Å². The van der Waals surface area contributed by atoms with Gasteiger partial charge in [-0.05, 0) is 6.92 Å². The normalized spacial score (nSPS) is 34.7. The topological polar surface area (TPSA) is 29.1 Å². The van der Waals surface area contributed by atoms with E-state index in [4.69, 9.17) is 11.6 Å². The molecule has 0 bridgehead atoms. The molecule has 4 heteroatoms. The van der Waals surface area contributed by atoms with Crippen LogP contribution in [0.3, 0.4) is 0 Å². The number of thioether (sulfide) groups is 1. The summed E-state index contributed by atoms with van der Waals surface area (Å²) in [6, 6.07) is 0. The molecule has 0 aromatic heterocycles. The van der Waals surface area contributed by atoms with Gasteiger partial charge in [-0.25, -0.2) is 0 Å². The smallest absolute Gasteiger partial charge is 0.279 e. The highest BCUT2D eigenvalue weighted by atomic mass is 35.5. The van der Waals surface area contributed by atoms with Gasteiger partial charge in [-0.3, -0.25) is 4.79 Å². The van der Waals surface area contributed by atoms with Gasteiger partial charge in [-0.1, -0.05) is 11.8 Å². The Morgan fingerprint density at radius 2 is 2.67 bits per heavy atom. The van der Waals surface area contributed by atoms with Crippen molar-refractivity contribution in [2.45, 2.75) is 11.7 Å². The molecule has 1 aliphatic heterocycles. The van der Waals surface area contributed by atoms with Crippen LogP contribution in [0.1, 0.15) is 6.92 Å².